The Morgan fingerprint density at radius 2 is 2.21 bits per heavy atom. The Labute approximate surface area is 145 Å². The van der Waals surface area contributed by atoms with Crippen molar-refractivity contribution in [3.63, 3.8) is 0 Å². The molecule has 1 unspecified atom stereocenters. The SMILES string of the molecule is COCCc1nnc(NC(=O)c2ccc(CC3CCNC3)cc2)s1. The summed E-state index contributed by atoms with van der Waals surface area (Å²) in [6, 6.07) is 7.83. The highest BCUT2D eigenvalue weighted by atomic mass is 32.1. The van der Waals surface area contributed by atoms with Crippen molar-refractivity contribution in [2.75, 3.05) is 32.1 Å². The maximum absolute atomic E-state index is 12.3. The number of carbonyl (C=O) groups excluding carboxylic acids is 1. The van der Waals surface area contributed by atoms with E-state index in [0.29, 0.717) is 29.6 Å². The number of amides is 1. The maximum atomic E-state index is 12.3. The minimum atomic E-state index is -0.154. The minimum Gasteiger partial charge on any atom is -0.384 e. The maximum Gasteiger partial charge on any atom is 0.257 e. The molecule has 1 aliphatic heterocycles. The average Bonchev–Trinajstić information content (AvgIpc) is 3.25. The standard InChI is InChI=1S/C17H22N4O2S/c1-23-9-7-15-20-21-17(24-15)19-16(22)14-4-2-12(3-5-14)10-13-6-8-18-11-13/h2-5,13,18H,6-11H2,1H3,(H,19,21,22). The molecular weight excluding hydrogens is 324 g/mol. The zero-order valence-electron chi connectivity index (χ0n) is 13.7. The molecular formula is C17H22N4O2S. The smallest absolute Gasteiger partial charge is 0.257 e. The van der Waals surface area contributed by atoms with E-state index >= 15 is 0 Å². The molecule has 0 bridgehead atoms. The first-order chi connectivity index (χ1) is 11.7. The van der Waals surface area contributed by atoms with E-state index in [0.717, 1.165) is 24.5 Å². The van der Waals surface area contributed by atoms with Crippen molar-refractivity contribution in [2.45, 2.75) is 19.3 Å². The van der Waals surface area contributed by atoms with Crippen LogP contribution >= 0.6 is 11.3 Å². The van der Waals surface area contributed by atoms with Gasteiger partial charge in [-0.05, 0) is 49.5 Å². The lowest BCUT2D eigenvalue weighted by atomic mass is 9.98. The monoisotopic (exact) mass is 346 g/mol. The van der Waals surface area contributed by atoms with Crippen LogP contribution in [0.2, 0.25) is 0 Å². The van der Waals surface area contributed by atoms with Gasteiger partial charge in [-0.1, -0.05) is 23.5 Å². The number of methoxy groups -OCH3 is 1. The highest BCUT2D eigenvalue weighted by Gasteiger charge is 2.15. The molecule has 128 valence electrons. The predicted octanol–water partition coefficient (Wildman–Crippen LogP) is 2.13. The van der Waals surface area contributed by atoms with Crippen LogP contribution in [-0.2, 0) is 17.6 Å². The van der Waals surface area contributed by atoms with Crippen LogP contribution in [0.3, 0.4) is 0 Å². The summed E-state index contributed by atoms with van der Waals surface area (Å²) in [6.07, 6.45) is 2.99. The molecule has 6 nitrogen and oxygen atoms in total. The summed E-state index contributed by atoms with van der Waals surface area (Å²) >= 11 is 1.38. The van der Waals surface area contributed by atoms with E-state index in [2.05, 4.69) is 20.8 Å². The minimum absolute atomic E-state index is 0.154. The second-order valence-electron chi connectivity index (χ2n) is 5.96. The van der Waals surface area contributed by atoms with Crippen molar-refractivity contribution in [2.24, 2.45) is 5.92 Å². The van der Waals surface area contributed by atoms with Gasteiger partial charge in [0.25, 0.3) is 5.91 Å². The van der Waals surface area contributed by atoms with Crippen LogP contribution in [-0.4, -0.2) is 42.9 Å². The van der Waals surface area contributed by atoms with Crippen LogP contribution < -0.4 is 10.6 Å². The summed E-state index contributed by atoms with van der Waals surface area (Å²) in [5.74, 6) is 0.551. The zero-order valence-corrected chi connectivity index (χ0v) is 14.6. The van der Waals surface area contributed by atoms with Gasteiger partial charge in [0, 0.05) is 19.1 Å². The van der Waals surface area contributed by atoms with Gasteiger partial charge in [0.1, 0.15) is 5.01 Å². The molecule has 0 spiro atoms. The lowest BCUT2D eigenvalue weighted by Crippen LogP contribution is -2.12. The van der Waals surface area contributed by atoms with Crippen molar-refractivity contribution in [1.29, 1.82) is 0 Å². The number of hydrogen-bond donors (Lipinski definition) is 2. The van der Waals surface area contributed by atoms with Gasteiger partial charge in [0.15, 0.2) is 0 Å². The largest absolute Gasteiger partial charge is 0.384 e. The molecule has 0 radical (unpaired) electrons. The average molecular weight is 346 g/mol. The molecule has 0 aliphatic carbocycles. The van der Waals surface area contributed by atoms with E-state index in [9.17, 15) is 4.79 Å². The number of hydrogen-bond acceptors (Lipinski definition) is 6. The molecule has 1 aromatic heterocycles. The molecule has 1 fully saturated rings. The third kappa shape index (κ3) is 4.59. The summed E-state index contributed by atoms with van der Waals surface area (Å²) < 4.78 is 5.01. The van der Waals surface area contributed by atoms with Gasteiger partial charge in [-0.25, -0.2) is 0 Å². The fraction of sp³-hybridized carbons (Fsp3) is 0.471. The number of benzene rings is 1. The molecule has 1 amide bonds. The van der Waals surface area contributed by atoms with Gasteiger partial charge >= 0.3 is 0 Å². The van der Waals surface area contributed by atoms with Crippen molar-refractivity contribution in [1.82, 2.24) is 15.5 Å². The zero-order chi connectivity index (χ0) is 16.8. The van der Waals surface area contributed by atoms with Crippen LogP contribution in [0, 0.1) is 5.92 Å². The second-order valence-corrected chi connectivity index (χ2v) is 7.02. The molecule has 1 atom stereocenters. The Bertz CT molecular complexity index is 665. The van der Waals surface area contributed by atoms with Crippen molar-refractivity contribution in [3.8, 4) is 0 Å². The number of ether oxygens (including phenoxy) is 1. The summed E-state index contributed by atoms with van der Waals surface area (Å²) in [7, 11) is 1.65. The molecule has 2 heterocycles. The second kappa shape index (κ2) is 8.32. The van der Waals surface area contributed by atoms with E-state index in [4.69, 9.17) is 4.74 Å². The Kier molecular flexibility index (Phi) is 5.90. The predicted molar refractivity (Wildman–Crippen MR) is 94.6 cm³/mol. The molecule has 2 N–H and O–H groups in total. The lowest BCUT2D eigenvalue weighted by molar-refractivity contribution is 0.102. The lowest BCUT2D eigenvalue weighted by Gasteiger charge is -2.08. The number of nitrogens with one attached hydrogen (secondary N) is 2. The molecule has 1 aliphatic rings. The Morgan fingerprint density at radius 3 is 2.92 bits per heavy atom. The fourth-order valence-corrected chi connectivity index (χ4v) is 3.49. The van der Waals surface area contributed by atoms with Gasteiger partial charge in [-0.15, -0.1) is 10.2 Å². The van der Waals surface area contributed by atoms with E-state index in [1.807, 2.05) is 24.3 Å². The molecule has 24 heavy (non-hydrogen) atoms. The molecule has 1 saturated heterocycles. The first-order valence-electron chi connectivity index (χ1n) is 8.17. The van der Waals surface area contributed by atoms with Crippen LogP contribution in [0.4, 0.5) is 5.13 Å². The van der Waals surface area contributed by atoms with Crippen LogP contribution in [0.1, 0.15) is 27.3 Å². The van der Waals surface area contributed by atoms with Crippen molar-refractivity contribution >= 4 is 22.4 Å². The van der Waals surface area contributed by atoms with Gasteiger partial charge in [-0.3, -0.25) is 10.1 Å². The van der Waals surface area contributed by atoms with Crippen LogP contribution in [0.15, 0.2) is 24.3 Å². The molecule has 7 heteroatoms. The van der Waals surface area contributed by atoms with Gasteiger partial charge in [0.05, 0.1) is 6.61 Å². The van der Waals surface area contributed by atoms with Gasteiger partial charge in [0.2, 0.25) is 5.13 Å². The van der Waals surface area contributed by atoms with Gasteiger partial charge in [-0.2, -0.15) is 0 Å². The third-order valence-corrected chi connectivity index (χ3v) is 5.01. The number of aromatic nitrogens is 2. The van der Waals surface area contributed by atoms with E-state index in [-0.39, 0.29) is 5.91 Å². The number of carbonyl (C=O) groups is 1. The topological polar surface area (TPSA) is 76.1 Å². The first kappa shape index (κ1) is 17.0. The molecule has 2 aromatic rings. The Morgan fingerprint density at radius 1 is 1.38 bits per heavy atom. The fourth-order valence-electron chi connectivity index (χ4n) is 2.78. The summed E-state index contributed by atoms with van der Waals surface area (Å²) in [6.45, 7) is 2.80. The first-order valence-corrected chi connectivity index (χ1v) is 8.98. The van der Waals surface area contributed by atoms with E-state index in [1.165, 1.54) is 23.3 Å². The number of anilines is 1. The summed E-state index contributed by atoms with van der Waals surface area (Å²) in [5, 5.41) is 15.6. The summed E-state index contributed by atoms with van der Waals surface area (Å²) in [4.78, 5) is 12.3. The van der Waals surface area contributed by atoms with Gasteiger partial charge < -0.3 is 10.1 Å². The summed E-state index contributed by atoms with van der Waals surface area (Å²) in [5.41, 5.74) is 1.91. The van der Waals surface area contributed by atoms with Crippen LogP contribution in [0.25, 0.3) is 0 Å². The quantitative estimate of drug-likeness (QED) is 0.803. The number of rotatable bonds is 7. The molecule has 3 rings (SSSR count). The van der Waals surface area contributed by atoms with Crippen molar-refractivity contribution < 1.29 is 9.53 Å². The van der Waals surface area contributed by atoms with Crippen LogP contribution in [0.5, 0.6) is 0 Å². The number of nitrogens with zero attached hydrogens (tertiary/aromatic N) is 2. The Hall–Kier alpha value is -1.83. The highest BCUT2D eigenvalue weighted by molar-refractivity contribution is 7.15. The molecule has 0 saturated carbocycles. The van der Waals surface area contributed by atoms with E-state index in [1.54, 1.807) is 7.11 Å². The molecule has 1 aromatic carbocycles. The third-order valence-electron chi connectivity index (χ3n) is 4.11. The van der Waals surface area contributed by atoms with E-state index < -0.39 is 0 Å². The van der Waals surface area contributed by atoms with Crippen molar-refractivity contribution in [3.05, 3.63) is 40.4 Å². The Balaban J connectivity index is 1.55. The normalized spacial score (nSPS) is 17.1. The highest BCUT2D eigenvalue weighted by Crippen LogP contribution is 2.18.